The van der Waals surface area contributed by atoms with Crippen molar-refractivity contribution in [2.75, 3.05) is 19.0 Å². The van der Waals surface area contributed by atoms with E-state index >= 15 is 0 Å². The number of carbonyl (C=O) groups excluding carboxylic acids is 1. The fourth-order valence-electron chi connectivity index (χ4n) is 2.54. The highest BCUT2D eigenvalue weighted by Gasteiger charge is 2.24. The number of esters is 1. The van der Waals surface area contributed by atoms with Gasteiger partial charge in [-0.05, 0) is 29.7 Å². The first-order chi connectivity index (χ1) is 9.78. The lowest BCUT2D eigenvalue weighted by Gasteiger charge is -2.30. The summed E-state index contributed by atoms with van der Waals surface area (Å²) >= 11 is 0. The zero-order valence-corrected chi connectivity index (χ0v) is 11.3. The monoisotopic (exact) mass is 268 g/mol. The molecule has 1 unspecified atom stereocenters. The van der Waals surface area contributed by atoms with Gasteiger partial charge in [0.05, 0.1) is 7.11 Å². The summed E-state index contributed by atoms with van der Waals surface area (Å²) in [6.45, 7) is 0.863. The van der Waals surface area contributed by atoms with Crippen molar-refractivity contribution < 1.29 is 9.53 Å². The molecule has 2 aromatic rings. The molecule has 0 bridgehead atoms. The third-order valence-corrected chi connectivity index (χ3v) is 3.67. The third-order valence-electron chi connectivity index (χ3n) is 3.67. The van der Waals surface area contributed by atoms with E-state index < -0.39 is 5.97 Å². The van der Waals surface area contributed by atoms with Gasteiger partial charge in [-0.2, -0.15) is 0 Å². The number of rotatable bonds is 4. The predicted octanol–water partition coefficient (Wildman–Crippen LogP) is 2.62. The number of anilines is 1. The molecule has 0 fully saturated rings. The van der Waals surface area contributed by atoms with Crippen LogP contribution in [0.5, 0.6) is 0 Å². The highest BCUT2D eigenvalue weighted by molar-refractivity contribution is 5.88. The van der Waals surface area contributed by atoms with Gasteiger partial charge in [-0.25, -0.2) is 9.78 Å². The largest absolute Gasteiger partial charge is 0.464 e. The summed E-state index contributed by atoms with van der Waals surface area (Å²) in [5.41, 5.74) is 4.07. The molecular formula is C16H16N2O2. The third kappa shape index (κ3) is 2.37. The summed E-state index contributed by atoms with van der Waals surface area (Å²) in [5.74, 6) is 0.128. The van der Waals surface area contributed by atoms with Crippen molar-refractivity contribution in [3.63, 3.8) is 0 Å². The number of benzene rings is 1. The smallest absolute Gasteiger partial charge is 0.356 e. The minimum absolute atomic E-state index is 0.325. The number of ether oxygens (including phenoxy) is 1. The topological polar surface area (TPSA) is 51.2 Å². The molecule has 3 rings (SSSR count). The predicted molar refractivity (Wildman–Crippen MR) is 77.0 cm³/mol. The van der Waals surface area contributed by atoms with Crippen LogP contribution in [0.3, 0.4) is 0 Å². The van der Waals surface area contributed by atoms with E-state index in [-0.39, 0.29) is 0 Å². The normalized spacial score (nSPS) is 15.9. The van der Waals surface area contributed by atoms with Crippen LogP contribution >= 0.6 is 0 Å². The van der Waals surface area contributed by atoms with E-state index in [4.69, 9.17) is 0 Å². The van der Waals surface area contributed by atoms with Gasteiger partial charge in [0, 0.05) is 24.3 Å². The van der Waals surface area contributed by atoms with Crippen molar-refractivity contribution >= 4 is 11.7 Å². The van der Waals surface area contributed by atoms with Crippen LogP contribution in [0.25, 0.3) is 0 Å². The lowest BCUT2D eigenvalue weighted by molar-refractivity contribution is 0.0594. The molecule has 0 saturated carbocycles. The lowest BCUT2D eigenvalue weighted by atomic mass is 9.77. The van der Waals surface area contributed by atoms with Gasteiger partial charge >= 0.3 is 5.97 Å². The van der Waals surface area contributed by atoms with Crippen LogP contribution < -0.4 is 5.32 Å². The number of nitrogens with one attached hydrogen (secondary N) is 1. The molecule has 0 saturated heterocycles. The van der Waals surface area contributed by atoms with Gasteiger partial charge in [-0.15, -0.1) is 0 Å². The Labute approximate surface area is 117 Å². The highest BCUT2D eigenvalue weighted by Crippen LogP contribution is 2.34. The summed E-state index contributed by atoms with van der Waals surface area (Å²) in [7, 11) is 1.36. The number of pyridine rings is 1. The maximum atomic E-state index is 11.4. The second kappa shape index (κ2) is 5.33. The standard InChI is InChI=1S/C16H16N2O2/c1-20-16(19)15-9-13(6-7-17-15)18-10-12-8-11-4-2-3-5-14(11)12/h2-7,9,12H,8,10H2,1H3,(H,17,18). The summed E-state index contributed by atoms with van der Waals surface area (Å²) < 4.78 is 4.67. The molecule has 20 heavy (non-hydrogen) atoms. The zero-order chi connectivity index (χ0) is 13.9. The molecule has 1 N–H and O–H groups in total. The second-order valence-electron chi connectivity index (χ2n) is 4.90. The van der Waals surface area contributed by atoms with E-state index in [1.165, 1.54) is 18.2 Å². The first kappa shape index (κ1) is 12.7. The van der Waals surface area contributed by atoms with Crippen molar-refractivity contribution in [3.05, 3.63) is 59.4 Å². The van der Waals surface area contributed by atoms with Crippen LogP contribution in [0.1, 0.15) is 27.5 Å². The SMILES string of the molecule is COC(=O)c1cc(NCC2Cc3ccccc32)ccn1. The summed E-state index contributed by atoms with van der Waals surface area (Å²) in [5, 5.41) is 3.36. The van der Waals surface area contributed by atoms with Gasteiger partial charge in [0.1, 0.15) is 5.69 Å². The molecule has 1 atom stereocenters. The van der Waals surface area contributed by atoms with Crippen LogP contribution in [-0.4, -0.2) is 24.6 Å². The molecule has 1 aliphatic rings. The lowest BCUT2D eigenvalue weighted by Crippen LogP contribution is -2.24. The number of aromatic nitrogens is 1. The van der Waals surface area contributed by atoms with E-state index in [1.54, 1.807) is 12.3 Å². The Morgan fingerprint density at radius 2 is 2.25 bits per heavy atom. The molecule has 1 heterocycles. The van der Waals surface area contributed by atoms with Gasteiger partial charge in [-0.1, -0.05) is 24.3 Å². The molecule has 4 heteroatoms. The molecule has 0 amide bonds. The van der Waals surface area contributed by atoms with E-state index in [1.807, 2.05) is 6.07 Å². The fourth-order valence-corrected chi connectivity index (χ4v) is 2.54. The summed E-state index contributed by atoms with van der Waals surface area (Å²) in [6, 6.07) is 12.1. The van der Waals surface area contributed by atoms with Crippen molar-refractivity contribution in [2.24, 2.45) is 0 Å². The quantitative estimate of drug-likeness (QED) is 0.866. The molecule has 1 aliphatic carbocycles. The van der Waals surface area contributed by atoms with E-state index in [0.29, 0.717) is 11.6 Å². The number of nitrogens with zero attached hydrogens (tertiary/aromatic N) is 1. The minimum atomic E-state index is -0.414. The van der Waals surface area contributed by atoms with Crippen molar-refractivity contribution in [1.29, 1.82) is 0 Å². The molecule has 102 valence electrons. The second-order valence-corrected chi connectivity index (χ2v) is 4.90. The molecule has 0 aliphatic heterocycles. The van der Waals surface area contributed by atoms with Gasteiger partial charge in [-0.3, -0.25) is 0 Å². The molecular weight excluding hydrogens is 252 g/mol. The summed E-state index contributed by atoms with van der Waals surface area (Å²) in [6.07, 6.45) is 2.72. The van der Waals surface area contributed by atoms with Gasteiger partial charge in [0.2, 0.25) is 0 Å². The van der Waals surface area contributed by atoms with Crippen LogP contribution in [0, 0.1) is 0 Å². The molecule has 0 spiro atoms. The number of hydrogen-bond donors (Lipinski definition) is 1. The Morgan fingerprint density at radius 3 is 3.05 bits per heavy atom. The van der Waals surface area contributed by atoms with Crippen LogP contribution in [0.2, 0.25) is 0 Å². The Kier molecular flexibility index (Phi) is 3.37. The van der Waals surface area contributed by atoms with Crippen molar-refractivity contribution in [2.45, 2.75) is 12.3 Å². The minimum Gasteiger partial charge on any atom is -0.464 e. The Bertz CT molecular complexity index is 640. The first-order valence-electron chi connectivity index (χ1n) is 6.64. The van der Waals surface area contributed by atoms with Crippen molar-refractivity contribution in [1.82, 2.24) is 4.98 Å². The van der Waals surface area contributed by atoms with Gasteiger partial charge < -0.3 is 10.1 Å². The van der Waals surface area contributed by atoms with Gasteiger partial charge in [0.25, 0.3) is 0 Å². The molecule has 1 aromatic carbocycles. The maximum Gasteiger partial charge on any atom is 0.356 e. The number of hydrogen-bond acceptors (Lipinski definition) is 4. The average Bonchev–Trinajstić information content (AvgIpc) is 2.47. The summed E-state index contributed by atoms with van der Waals surface area (Å²) in [4.78, 5) is 15.4. The number of carbonyl (C=O) groups is 1. The molecule has 0 radical (unpaired) electrons. The fraction of sp³-hybridized carbons (Fsp3) is 0.250. The van der Waals surface area contributed by atoms with Crippen LogP contribution in [0.4, 0.5) is 5.69 Å². The Balaban J connectivity index is 1.64. The molecule has 1 aromatic heterocycles. The Hall–Kier alpha value is -2.36. The maximum absolute atomic E-state index is 11.4. The van der Waals surface area contributed by atoms with E-state index in [9.17, 15) is 4.79 Å². The highest BCUT2D eigenvalue weighted by atomic mass is 16.5. The van der Waals surface area contributed by atoms with E-state index in [0.717, 1.165) is 18.7 Å². The Morgan fingerprint density at radius 1 is 1.40 bits per heavy atom. The number of fused-ring (bicyclic) bond motifs is 1. The average molecular weight is 268 g/mol. The van der Waals surface area contributed by atoms with Crippen LogP contribution in [0.15, 0.2) is 42.6 Å². The molecule has 4 nitrogen and oxygen atoms in total. The van der Waals surface area contributed by atoms with Crippen LogP contribution in [-0.2, 0) is 11.2 Å². The van der Waals surface area contributed by atoms with Gasteiger partial charge in [0.15, 0.2) is 0 Å². The first-order valence-corrected chi connectivity index (χ1v) is 6.64. The van der Waals surface area contributed by atoms with E-state index in [2.05, 4.69) is 39.3 Å². The zero-order valence-electron chi connectivity index (χ0n) is 11.3. The number of methoxy groups -OCH3 is 1. The van der Waals surface area contributed by atoms with Crippen molar-refractivity contribution in [3.8, 4) is 0 Å².